The van der Waals surface area contributed by atoms with Crippen LogP contribution in [0.4, 0.5) is 5.13 Å². The fraction of sp³-hybridized carbons (Fsp3) is 0.714. The first-order valence-corrected chi connectivity index (χ1v) is 8.18. The second-order valence-electron chi connectivity index (χ2n) is 4.85. The molecule has 0 fully saturated rings. The molecular formula is C14H25N3O2S. The van der Waals surface area contributed by atoms with Crippen LogP contribution in [0.15, 0.2) is 5.38 Å². The number of rotatable bonds is 10. The molecule has 20 heavy (non-hydrogen) atoms. The normalized spacial score (nSPS) is 10.7. The monoisotopic (exact) mass is 299 g/mol. The van der Waals surface area contributed by atoms with Gasteiger partial charge in [0.05, 0.1) is 0 Å². The summed E-state index contributed by atoms with van der Waals surface area (Å²) in [7, 11) is 0. The lowest BCUT2D eigenvalue weighted by Crippen LogP contribution is -2.33. The second-order valence-corrected chi connectivity index (χ2v) is 5.74. The van der Waals surface area contributed by atoms with Gasteiger partial charge in [-0.05, 0) is 12.8 Å². The molecule has 0 aromatic carbocycles. The molecule has 5 nitrogen and oxygen atoms in total. The van der Waals surface area contributed by atoms with Crippen LogP contribution in [0, 0.1) is 0 Å². The Hall–Kier alpha value is -1.14. The molecule has 1 amide bonds. The largest absolute Gasteiger partial charge is 0.396 e. The Labute approximate surface area is 124 Å². The van der Waals surface area contributed by atoms with Crippen LogP contribution >= 0.6 is 11.3 Å². The molecule has 1 heterocycles. The van der Waals surface area contributed by atoms with Gasteiger partial charge in [-0.2, -0.15) is 0 Å². The van der Waals surface area contributed by atoms with E-state index in [1.165, 1.54) is 30.6 Å². The van der Waals surface area contributed by atoms with Gasteiger partial charge in [0.25, 0.3) is 5.91 Å². The van der Waals surface area contributed by atoms with Crippen LogP contribution in [0.2, 0.25) is 0 Å². The SMILES string of the molecule is CCCCCCCN(CCCO)C(=O)c1csc(N)n1. The lowest BCUT2D eigenvalue weighted by molar-refractivity contribution is 0.0736. The molecule has 0 unspecified atom stereocenters. The van der Waals surface area contributed by atoms with E-state index in [2.05, 4.69) is 11.9 Å². The first-order valence-electron chi connectivity index (χ1n) is 7.30. The van der Waals surface area contributed by atoms with Crippen molar-refractivity contribution in [2.24, 2.45) is 0 Å². The van der Waals surface area contributed by atoms with Crippen LogP contribution in [0.5, 0.6) is 0 Å². The molecule has 0 saturated carbocycles. The number of amides is 1. The average molecular weight is 299 g/mol. The smallest absolute Gasteiger partial charge is 0.273 e. The van der Waals surface area contributed by atoms with Crippen molar-refractivity contribution in [3.63, 3.8) is 0 Å². The van der Waals surface area contributed by atoms with Crippen molar-refractivity contribution in [2.75, 3.05) is 25.4 Å². The van der Waals surface area contributed by atoms with Crippen molar-refractivity contribution in [3.8, 4) is 0 Å². The van der Waals surface area contributed by atoms with Crippen LogP contribution in [0.3, 0.4) is 0 Å². The number of nitrogens with two attached hydrogens (primary N) is 1. The molecule has 0 aliphatic rings. The minimum absolute atomic E-state index is 0.0816. The molecule has 0 aliphatic heterocycles. The number of nitrogen functional groups attached to an aromatic ring is 1. The zero-order valence-electron chi connectivity index (χ0n) is 12.2. The van der Waals surface area contributed by atoms with Gasteiger partial charge in [-0.1, -0.05) is 32.6 Å². The Morgan fingerprint density at radius 1 is 1.30 bits per heavy atom. The Bertz CT molecular complexity index is 396. The Morgan fingerprint density at radius 3 is 2.60 bits per heavy atom. The number of aliphatic hydroxyl groups is 1. The molecule has 1 aromatic heterocycles. The number of carbonyl (C=O) groups excluding carboxylic acids is 1. The van der Waals surface area contributed by atoms with Crippen molar-refractivity contribution < 1.29 is 9.90 Å². The van der Waals surface area contributed by atoms with Crippen molar-refractivity contribution >= 4 is 22.4 Å². The summed E-state index contributed by atoms with van der Waals surface area (Å²) < 4.78 is 0. The number of hydrogen-bond donors (Lipinski definition) is 2. The molecule has 0 spiro atoms. The van der Waals surface area contributed by atoms with Crippen LogP contribution in [0.25, 0.3) is 0 Å². The number of hydrogen-bond acceptors (Lipinski definition) is 5. The third-order valence-electron chi connectivity index (χ3n) is 3.15. The van der Waals surface area contributed by atoms with E-state index >= 15 is 0 Å². The summed E-state index contributed by atoms with van der Waals surface area (Å²) in [5, 5.41) is 11.1. The molecular weight excluding hydrogens is 274 g/mol. The van der Waals surface area contributed by atoms with Gasteiger partial charge in [0.15, 0.2) is 5.13 Å². The van der Waals surface area contributed by atoms with Crippen molar-refractivity contribution in [2.45, 2.75) is 45.4 Å². The molecule has 0 saturated heterocycles. The summed E-state index contributed by atoms with van der Waals surface area (Å²) in [6.45, 7) is 3.57. The van der Waals surface area contributed by atoms with Crippen molar-refractivity contribution in [1.82, 2.24) is 9.88 Å². The average Bonchev–Trinajstić information content (AvgIpc) is 2.88. The highest BCUT2D eigenvalue weighted by molar-refractivity contribution is 7.13. The predicted molar refractivity (Wildman–Crippen MR) is 82.9 cm³/mol. The van der Waals surface area contributed by atoms with Gasteiger partial charge in [-0.25, -0.2) is 4.98 Å². The van der Waals surface area contributed by atoms with Gasteiger partial charge in [-0.15, -0.1) is 11.3 Å². The molecule has 0 bridgehead atoms. The fourth-order valence-corrected chi connectivity index (χ4v) is 2.57. The zero-order chi connectivity index (χ0) is 14.8. The maximum absolute atomic E-state index is 12.3. The van der Waals surface area contributed by atoms with Gasteiger partial charge in [0.2, 0.25) is 0 Å². The number of unbranched alkanes of at least 4 members (excludes halogenated alkanes) is 4. The summed E-state index contributed by atoms with van der Waals surface area (Å²) in [4.78, 5) is 18.1. The Morgan fingerprint density at radius 2 is 2.00 bits per heavy atom. The van der Waals surface area contributed by atoms with E-state index in [4.69, 9.17) is 10.8 Å². The highest BCUT2D eigenvalue weighted by Gasteiger charge is 2.17. The molecule has 0 aliphatic carbocycles. The number of aliphatic hydroxyl groups excluding tert-OH is 1. The molecule has 0 atom stereocenters. The Kier molecular flexibility index (Phi) is 8.22. The van der Waals surface area contributed by atoms with E-state index in [-0.39, 0.29) is 12.5 Å². The fourth-order valence-electron chi connectivity index (χ4n) is 2.03. The number of anilines is 1. The minimum Gasteiger partial charge on any atom is -0.396 e. The number of carbonyl (C=O) groups is 1. The molecule has 1 rings (SSSR count). The van der Waals surface area contributed by atoms with Crippen molar-refractivity contribution in [3.05, 3.63) is 11.1 Å². The van der Waals surface area contributed by atoms with Crippen LogP contribution < -0.4 is 5.73 Å². The highest BCUT2D eigenvalue weighted by Crippen LogP contribution is 2.14. The third-order valence-corrected chi connectivity index (χ3v) is 3.82. The summed E-state index contributed by atoms with van der Waals surface area (Å²) >= 11 is 1.28. The maximum atomic E-state index is 12.3. The van der Waals surface area contributed by atoms with Gasteiger partial charge in [-0.3, -0.25) is 4.79 Å². The van der Waals surface area contributed by atoms with E-state index in [1.54, 1.807) is 10.3 Å². The lowest BCUT2D eigenvalue weighted by Gasteiger charge is -2.21. The molecule has 1 aromatic rings. The number of thiazole rings is 1. The van der Waals surface area contributed by atoms with E-state index in [9.17, 15) is 4.79 Å². The van der Waals surface area contributed by atoms with E-state index in [0.29, 0.717) is 23.8 Å². The highest BCUT2D eigenvalue weighted by atomic mass is 32.1. The molecule has 0 radical (unpaired) electrons. The first kappa shape index (κ1) is 16.9. The zero-order valence-corrected chi connectivity index (χ0v) is 13.0. The standard InChI is InChI=1S/C14H25N3O2S/c1-2-3-4-5-6-8-17(9-7-10-18)13(19)12-11-20-14(15)16-12/h11,18H,2-10H2,1H3,(H2,15,16). The van der Waals surface area contributed by atoms with Crippen LogP contribution in [-0.4, -0.2) is 40.6 Å². The van der Waals surface area contributed by atoms with Gasteiger partial charge in [0.1, 0.15) is 5.69 Å². The van der Waals surface area contributed by atoms with Gasteiger partial charge >= 0.3 is 0 Å². The third kappa shape index (κ3) is 5.88. The van der Waals surface area contributed by atoms with E-state index < -0.39 is 0 Å². The summed E-state index contributed by atoms with van der Waals surface area (Å²) in [5.74, 6) is -0.0816. The summed E-state index contributed by atoms with van der Waals surface area (Å²) in [6, 6.07) is 0. The number of nitrogens with zero attached hydrogens (tertiary/aromatic N) is 2. The van der Waals surface area contributed by atoms with E-state index in [1.807, 2.05) is 0 Å². The summed E-state index contributed by atoms with van der Waals surface area (Å²) in [6.07, 6.45) is 6.40. The second kappa shape index (κ2) is 9.72. The molecule has 114 valence electrons. The first-order chi connectivity index (χ1) is 9.69. The summed E-state index contributed by atoms with van der Waals surface area (Å²) in [5.41, 5.74) is 5.98. The quantitative estimate of drug-likeness (QED) is 0.651. The molecule has 3 N–H and O–H groups in total. The number of aromatic nitrogens is 1. The van der Waals surface area contributed by atoms with Gasteiger partial charge < -0.3 is 15.7 Å². The minimum atomic E-state index is -0.0816. The van der Waals surface area contributed by atoms with E-state index in [0.717, 1.165) is 19.4 Å². The maximum Gasteiger partial charge on any atom is 0.273 e. The Balaban J connectivity index is 2.47. The van der Waals surface area contributed by atoms with Crippen molar-refractivity contribution in [1.29, 1.82) is 0 Å². The topological polar surface area (TPSA) is 79.5 Å². The van der Waals surface area contributed by atoms with Crippen LogP contribution in [-0.2, 0) is 0 Å². The van der Waals surface area contributed by atoms with Crippen LogP contribution in [0.1, 0.15) is 55.9 Å². The van der Waals surface area contributed by atoms with Gasteiger partial charge in [0, 0.05) is 25.1 Å². The lowest BCUT2D eigenvalue weighted by atomic mass is 10.1. The predicted octanol–water partition coefficient (Wildman–Crippen LogP) is 2.52. The molecule has 6 heteroatoms.